The maximum Gasteiger partial charge on any atom is 0.329 e. The Balaban J connectivity index is 2.01. The molecular formula is C21H22ClNO5. The number of halogens is 1. The van der Waals surface area contributed by atoms with Crippen LogP contribution in [-0.2, 0) is 9.53 Å². The molecule has 0 aliphatic rings. The summed E-state index contributed by atoms with van der Waals surface area (Å²) in [4.78, 5) is 37.2. The van der Waals surface area contributed by atoms with Crippen molar-refractivity contribution in [2.24, 2.45) is 5.92 Å². The monoisotopic (exact) mass is 403 g/mol. The first-order valence-corrected chi connectivity index (χ1v) is 9.10. The molecule has 148 valence electrons. The summed E-state index contributed by atoms with van der Waals surface area (Å²) in [6, 6.07) is 12.1. The van der Waals surface area contributed by atoms with Gasteiger partial charge in [-0.3, -0.25) is 9.59 Å². The van der Waals surface area contributed by atoms with E-state index in [-0.39, 0.29) is 5.92 Å². The molecule has 0 aliphatic heterocycles. The molecule has 28 heavy (non-hydrogen) atoms. The first-order chi connectivity index (χ1) is 13.3. The van der Waals surface area contributed by atoms with Gasteiger partial charge in [0.2, 0.25) is 5.78 Å². The van der Waals surface area contributed by atoms with Crippen LogP contribution in [0, 0.1) is 5.92 Å². The quantitative estimate of drug-likeness (QED) is 0.538. The van der Waals surface area contributed by atoms with E-state index in [0.717, 1.165) is 0 Å². The van der Waals surface area contributed by atoms with Crippen LogP contribution in [0.1, 0.15) is 34.6 Å². The number of carbonyl (C=O) groups excluding carboxylic acids is 3. The summed E-state index contributed by atoms with van der Waals surface area (Å²) in [5.74, 6) is -1.33. The smallest absolute Gasteiger partial charge is 0.329 e. The minimum atomic E-state index is -0.895. The first-order valence-electron chi connectivity index (χ1n) is 8.72. The molecule has 7 heteroatoms. The van der Waals surface area contributed by atoms with Gasteiger partial charge in [-0.2, -0.15) is 0 Å². The molecule has 0 heterocycles. The van der Waals surface area contributed by atoms with Crippen molar-refractivity contribution in [3.63, 3.8) is 0 Å². The van der Waals surface area contributed by atoms with Crippen LogP contribution in [-0.4, -0.2) is 37.4 Å². The fourth-order valence-corrected chi connectivity index (χ4v) is 2.63. The van der Waals surface area contributed by atoms with Crippen LogP contribution in [0.5, 0.6) is 5.75 Å². The van der Waals surface area contributed by atoms with Gasteiger partial charge >= 0.3 is 5.97 Å². The van der Waals surface area contributed by atoms with Crippen molar-refractivity contribution in [2.75, 3.05) is 13.7 Å². The average Bonchev–Trinajstić information content (AvgIpc) is 2.69. The lowest BCUT2D eigenvalue weighted by atomic mass is 10.0. The molecule has 6 nitrogen and oxygen atoms in total. The molecule has 0 saturated carbocycles. The summed E-state index contributed by atoms with van der Waals surface area (Å²) in [5.41, 5.74) is 0.692. The minimum Gasteiger partial charge on any atom is -0.496 e. The number of hydrogen-bond acceptors (Lipinski definition) is 5. The van der Waals surface area contributed by atoms with Crippen LogP contribution in [0.4, 0.5) is 0 Å². The summed E-state index contributed by atoms with van der Waals surface area (Å²) < 4.78 is 10.3. The van der Waals surface area contributed by atoms with Crippen LogP contribution >= 0.6 is 11.6 Å². The van der Waals surface area contributed by atoms with Gasteiger partial charge in [-0.25, -0.2) is 4.79 Å². The van der Waals surface area contributed by atoms with E-state index < -0.39 is 30.3 Å². The predicted octanol–water partition coefficient (Wildman–Crippen LogP) is 3.53. The SMILES string of the molecule is COc1ccccc1C(=O)COC(=O)[C@@H](NC(=O)c1ccc(Cl)cc1)C(C)C. The van der Waals surface area contributed by atoms with E-state index in [2.05, 4.69) is 5.32 Å². The summed E-state index contributed by atoms with van der Waals surface area (Å²) >= 11 is 5.82. The van der Waals surface area contributed by atoms with Crippen molar-refractivity contribution in [2.45, 2.75) is 19.9 Å². The average molecular weight is 404 g/mol. The van der Waals surface area contributed by atoms with E-state index in [1.54, 1.807) is 62.4 Å². The lowest BCUT2D eigenvalue weighted by molar-refractivity contribution is -0.145. The zero-order chi connectivity index (χ0) is 20.7. The number of amides is 1. The van der Waals surface area contributed by atoms with Crippen LogP contribution in [0.15, 0.2) is 48.5 Å². The van der Waals surface area contributed by atoms with Crippen molar-refractivity contribution in [3.8, 4) is 5.75 Å². The number of carbonyl (C=O) groups is 3. The fraction of sp³-hybridized carbons (Fsp3) is 0.286. The molecule has 0 bridgehead atoms. The van der Waals surface area contributed by atoms with Crippen molar-refractivity contribution in [1.29, 1.82) is 0 Å². The molecule has 0 saturated heterocycles. The second-order valence-electron chi connectivity index (χ2n) is 6.43. The maximum atomic E-state index is 12.5. The van der Waals surface area contributed by atoms with Gasteiger partial charge in [-0.1, -0.05) is 37.6 Å². The summed E-state index contributed by atoms with van der Waals surface area (Å²) in [7, 11) is 1.46. The molecule has 1 N–H and O–H groups in total. The topological polar surface area (TPSA) is 81.7 Å². The number of methoxy groups -OCH3 is 1. The van der Waals surface area contributed by atoms with E-state index >= 15 is 0 Å². The number of benzene rings is 2. The van der Waals surface area contributed by atoms with Crippen LogP contribution in [0.25, 0.3) is 0 Å². The van der Waals surface area contributed by atoms with Crippen LogP contribution in [0.3, 0.4) is 0 Å². The Morgan fingerprint density at radius 3 is 2.29 bits per heavy atom. The third kappa shape index (κ3) is 5.57. The van der Waals surface area contributed by atoms with E-state index in [1.165, 1.54) is 7.11 Å². The number of ketones is 1. The number of ether oxygens (including phenoxy) is 2. The molecule has 2 rings (SSSR count). The summed E-state index contributed by atoms with van der Waals surface area (Å²) in [6.07, 6.45) is 0. The number of esters is 1. The molecule has 2 aromatic rings. The van der Waals surface area contributed by atoms with Crippen LogP contribution < -0.4 is 10.1 Å². The molecule has 1 atom stereocenters. The molecule has 2 aromatic carbocycles. The van der Waals surface area contributed by atoms with E-state index in [4.69, 9.17) is 21.1 Å². The highest BCUT2D eigenvalue weighted by atomic mass is 35.5. The van der Waals surface area contributed by atoms with Gasteiger partial charge < -0.3 is 14.8 Å². The zero-order valence-electron chi connectivity index (χ0n) is 15.9. The largest absolute Gasteiger partial charge is 0.496 e. The number of nitrogens with one attached hydrogen (secondary N) is 1. The Bertz CT molecular complexity index is 848. The number of hydrogen-bond donors (Lipinski definition) is 1. The second-order valence-corrected chi connectivity index (χ2v) is 6.87. The molecule has 1 amide bonds. The minimum absolute atomic E-state index is 0.231. The zero-order valence-corrected chi connectivity index (χ0v) is 16.7. The summed E-state index contributed by atoms with van der Waals surface area (Å²) in [6.45, 7) is 3.10. The van der Waals surface area contributed by atoms with E-state index in [1.807, 2.05) is 0 Å². The second kappa shape index (κ2) is 9.90. The Morgan fingerprint density at radius 2 is 1.68 bits per heavy atom. The molecular weight excluding hydrogens is 382 g/mol. The molecule has 0 aromatic heterocycles. The normalized spacial score (nSPS) is 11.6. The third-order valence-electron chi connectivity index (χ3n) is 4.07. The van der Waals surface area contributed by atoms with E-state index in [9.17, 15) is 14.4 Å². The Hall–Kier alpha value is -2.86. The van der Waals surface area contributed by atoms with Gasteiger partial charge in [0, 0.05) is 10.6 Å². The highest BCUT2D eigenvalue weighted by Crippen LogP contribution is 2.18. The standard InChI is InChI=1S/C21H22ClNO5/c1-13(2)19(23-20(25)14-8-10-15(22)11-9-14)21(26)28-12-17(24)16-6-4-5-7-18(16)27-3/h4-11,13,19H,12H2,1-3H3,(H,23,25)/t19-/m0/s1. The lowest BCUT2D eigenvalue weighted by Crippen LogP contribution is -2.45. The Kier molecular flexibility index (Phi) is 7.58. The Morgan fingerprint density at radius 1 is 1.04 bits per heavy atom. The highest BCUT2D eigenvalue weighted by Gasteiger charge is 2.27. The summed E-state index contributed by atoms with van der Waals surface area (Å²) in [5, 5.41) is 3.15. The molecule has 0 spiro atoms. The molecule has 0 fully saturated rings. The van der Waals surface area contributed by atoms with Gasteiger partial charge in [-0.15, -0.1) is 0 Å². The number of rotatable bonds is 8. The van der Waals surface area contributed by atoms with Gasteiger partial charge in [-0.05, 0) is 42.3 Å². The predicted molar refractivity (Wildman–Crippen MR) is 106 cm³/mol. The van der Waals surface area contributed by atoms with E-state index in [0.29, 0.717) is 21.9 Å². The first kappa shape index (κ1) is 21.4. The number of para-hydroxylation sites is 1. The van der Waals surface area contributed by atoms with Crippen molar-refractivity contribution in [1.82, 2.24) is 5.32 Å². The number of Topliss-reactive ketones (excluding diaryl/α,β-unsaturated/α-hetero) is 1. The third-order valence-corrected chi connectivity index (χ3v) is 4.32. The van der Waals surface area contributed by atoms with Gasteiger partial charge in [0.1, 0.15) is 11.8 Å². The van der Waals surface area contributed by atoms with Crippen LogP contribution in [0.2, 0.25) is 5.02 Å². The molecule has 0 aliphatic carbocycles. The highest BCUT2D eigenvalue weighted by molar-refractivity contribution is 6.30. The maximum absolute atomic E-state index is 12.5. The van der Waals surface area contributed by atoms with Crippen molar-refractivity contribution >= 4 is 29.3 Å². The molecule has 0 unspecified atom stereocenters. The van der Waals surface area contributed by atoms with Gasteiger partial charge in [0.05, 0.1) is 12.7 Å². The van der Waals surface area contributed by atoms with Gasteiger partial charge in [0.25, 0.3) is 5.91 Å². The molecule has 0 radical (unpaired) electrons. The Labute approximate surface area is 168 Å². The van der Waals surface area contributed by atoms with Crippen molar-refractivity contribution < 1.29 is 23.9 Å². The van der Waals surface area contributed by atoms with Crippen molar-refractivity contribution in [3.05, 3.63) is 64.7 Å². The fourth-order valence-electron chi connectivity index (χ4n) is 2.50. The lowest BCUT2D eigenvalue weighted by Gasteiger charge is -2.21. The van der Waals surface area contributed by atoms with Gasteiger partial charge in [0.15, 0.2) is 6.61 Å².